The molecule has 5 heteroatoms. The Morgan fingerprint density at radius 3 is 2.52 bits per heavy atom. The molecule has 0 aromatic heterocycles. The molecular formula is C16H19NO4. The van der Waals surface area contributed by atoms with E-state index in [2.05, 4.69) is 5.32 Å². The number of carboxylic acid groups (broad SMARTS) is 1. The quantitative estimate of drug-likeness (QED) is 0.835. The normalized spacial score (nSPS) is 20.9. The minimum atomic E-state index is -0.935. The largest absolute Gasteiger partial charge is 0.495 e. The summed E-state index contributed by atoms with van der Waals surface area (Å²) in [4.78, 5) is 23.7. The number of hydrogen-bond donors (Lipinski definition) is 2. The van der Waals surface area contributed by atoms with Gasteiger partial charge in [-0.2, -0.15) is 0 Å². The number of carboxylic acids is 1. The molecule has 0 aliphatic heterocycles. The van der Waals surface area contributed by atoms with E-state index in [1.165, 1.54) is 7.11 Å². The monoisotopic (exact) mass is 289 g/mol. The third-order valence-corrected chi connectivity index (χ3v) is 3.70. The summed E-state index contributed by atoms with van der Waals surface area (Å²) in [7, 11) is 1.53. The second-order valence-electron chi connectivity index (χ2n) is 5.19. The zero-order chi connectivity index (χ0) is 15.4. The zero-order valence-corrected chi connectivity index (χ0v) is 12.1. The van der Waals surface area contributed by atoms with Crippen LogP contribution in [-0.4, -0.2) is 24.1 Å². The number of rotatable bonds is 4. The highest BCUT2D eigenvalue weighted by Gasteiger charge is 2.34. The van der Waals surface area contributed by atoms with E-state index in [-0.39, 0.29) is 5.91 Å². The summed E-state index contributed by atoms with van der Waals surface area (Å²) >= 11 is 0. The van der Waals surface area contributed by atoms with Crippen LogP contribution in [0.2, 0.25) is 0 Å². The van der Waals surface area contributed by atoms with Gasteiger partial charge in [-0.05, 0) is 37.5 Å². The fourth-order valence-electron chi connectivity index (χ4n) is 2.52. The summed E-state index contributed by atoms with van der Waals surface area (Å²) in [6.45, 7) is 1.92. The molecular weight excluding hydrogens is 270 g/mol. The van der Waals surface area contributed by atoms with Crippen molar-refractivity contribution >= 4 is 17.6 Å². The molecule has 1 aromatic carbocycles. The molecule has 0 radical (unpaired) electrons. The van der Waals surface area contributed by atoms with Crippen molar-refractivity contribution in [2.24, 2.45) is 11.8 Å². The molecule has 21 heavy (non-hydrogen) atoms. The first-order valence-corrected chi connectivity index (χ1v) is 6.86. The van der Waals surface area contributed by atoms with Crippen molar-refractivity contribution in [1.29, 1.82) is 0 Å². The number of methoxy groups -OCH3 is 1. The van der Waals surface area contributed by atoms with Gasteiger partial charge in [0.25, 0.3) is 0 Å². The van der Waals surface area contributed by atoms with E-state index in [4.69, 9.17) is 4.74 Å². The van der Waals surface area contributed by atoms with E-state index >= 15 is 0 Å². The van der Waals surface area contributed by atoms with Gasteiger partial charge in [-0.15, -0.1) is 0 Å². The van der Waals surface area contributed by atoms with E-state index in [1.807, 2.05) is 31.2 Å². The van der Waals surface area contributed by atoms with Crippen molar-refractivity contribution < 1.29 is 19.4 Å². The van der Waals surface area contributed by atoms with Crippen molar-refractivity contribution in [3.63, 3.8) is 0 Å². The van der Waals surface area contributed by atoms with Crippen LogP contribution in [0.3, 0.4) is 0 Å². The molecule has 5 nitrogen and oxygen atoms in total. The second kappa shape index (κ2) is 6.43. The van der Waals surface area contributed by atoms with E-state index < -0.39 is 17.8 Å². The fraction of sp³-hybridized carbons (Fsp3) is 0.375. The molecule has 112 valence electrons. The third-order valence-electron chi connectivity index (χ3n) is 3.70. The summed E-state index contributed by atoms with van der Waals surface area (Å²) in [5.74, 6) is -1.89. The number of aliphatic carboxylic acids is 1. The maximum atomic E-state index is 12.4. The SMILES string of the molecule is COc1ccc(C)cc1NC(=O)[C@H]1CC=CC[C@@H]1C(=O)O. The molecule has 0 bridgehead atoms. The summed E-state index contributed by atoms with van der Waals surface area (Å²) in [5, 5.41) is 12.0. The van der Waals surface area contributed by atoms with Crippen LogP contribution in [0.5, 0.6) is 5.75 Å². The lowest BCUT2D eigenvalue weighted by Crippen LogP contribution is -2.34. The Bertz CT molecular complexity index is 580. The van der Waals surface area contributed by atoms with Crippen molar-refractivity contribution in [2.75, 3.05) is 12.4 Å². The van der Waals surface area contributed by atoms with Crippen LogP contribution >= 0.6 is 0 Å². The number of anilines is 1. The fourth-order valence-corrected chi connectivity index (χ4v) is 2.52. The maximum absolute atomic E-state index is 12.4. The first-order chi connectivity index (χ1) is 10.0. The Morgan fingerprint density at radius 2 is 1.90 bits per heavy atom. The van der Waals surface area contributed by atoms with Gasteiger partial charge < -0.3 is 15.2 Å². The molecule has 2 atom stereocenters. The van der Waals surface area contributed by atoms with Crippen molar-refractivity contribution in [3.8, 4) is 5.75 Å². The average Bonchev–Trinajstić information content (AvgIpc) is 2.47. The van der Waals surface area contributed by atoms with Crippen LogP contribution in [-0.2, 0) is 9.59 Å². The number of ether oxygens (including phenoxy) is 1. The number of allylic oxidation sites excluding steroid dienone is 2. The Labute approximate surface area is 123 Å². The van der Waals surface area contributed by atoms with Gasteiger partial charge in [0, 0.05) is 0 Å². The van der Waals surface area contributed by atoms with E-state index in [0.717, 1.165) is 5.56 Å². The van der Waals surface area contributed by atoms with Crippen molar-refractivity contribution in [1.82, 2.24) is 0 Å². The van der Waals surface area contributed by atoms with Gasteiger partial charge in [-0.25, -0.2) is 0 Å². The minimum absolute atomic E-state index is 0.282. The van der Waals surface area contributed by atoms with Crippen LogP contribution in [0.25, 0.3) is 0 Å². The first kappa shape index (κ1) is 15.1. The standard InChI is InChI=1S/C16H19NO4/c1-10-7-8-14(21-2)13(9-10)17-15(18)11-5-3-4-6-12(11)16(19)20/h3-4,7-9,11-12H,5-6H2,1-2H3,(H,17,18)(H,19,20)/t11-,12-/m0/s1. The topological polar surface area (TPSA) is 75.6 Å². The lowest BCUT2D eigenvalue weighted by atomic mass is 9.82. The molecule has 1 aliphatic carbocycles. The Morgan fingerprint density at radius 1 is 1.24 bits per heavy atom. The van der Waals surface area contributed by atoms with Gasteiger partial charge in [0.2, 0.25) is 5.91 Å². The number of benzene rings is 1. The van der Waals surface area contributed by atoms with Gasteiger partial charge >= 0.3 is 5.97 Å². The highest BCUT2D eigenvalue weighted by molar-refractivity contribution is 5.96. The summed E-state index contributed by atoms with van der Waals surface area (Å²) in [5.41, 5.74) is 1.56. The van der Waals surface area contributed by atoms with Gasteiger partial charge in [0.15, 0.2) is 0 Å². The van der Waals surface area contributed by atoms with Gasteiger partial charge in [0.1, 0.15) is 5.75 Å². The maximum Gasteiger partial charge on any atom is 0.307 e. The van der Waals surface area contributed by atoms with Crippen LogP contribution in [0, 0.1) is 18.8 Å². The lowest BCUT2D eigenvalue weighted by Gasteiger charge is -2.24. The molecule has 0 fully saturated rings. The first-order valence-electron chi connectivity index (χ1n) is 6.86. The predicted octanol–water partition coefficient (Wildman–Crippen LogP) is 2.61. The minimum Gasteiger partial charge on any atom is -0.495 e. The highest BCUT2D eigenvalue weighted by Crippen LogP contribution is 2.30. The Balaban J connectivity index is 2.19. The summed E-state index contributed by atoms with van der Waals surface area (Å²) in [6, 6.07) is 5.48. The molecule has 0 saturated heterocycles. The van der Waals surface area contributed by atoms with E-state index in [0.29, 0.717) is 24.3 Å². The van der Waals surface area contributed by atoms with Crippen LogP contribution in [0.15, 0.2) is 30.4 Å². The second-order valence-corrected chi connectivity index (χ2v) is 5.19. The van der Waals surface area contributed by atoms with E-state index in [9.17, 15) is 14.7 Å². The molecule has 0 unspecified atom stereocenters. The molecule has 1 aromatic rings. The zero-order valence-electron chi connectivity index (χ0n) is 12.1. The number of amides is 1. The third kappa shape index (κ3) is 3.42. The Kier molecular flexibility index (Phi) is 4.62. The molecule has 1 amide bonds. The van der Waals surface area contributed by atoms with Crippen LogP contribution in [0.1, 0.15) is 18.4 Å². The number of aryl methyl sites for hydroxylation is 1. The lowest BCUT2D eigenvalue weighted by molar-refractivity contribution is -0.146. The van der Waals surface area contributed by atoms with Crippen molar-refractivity contribution in [3.05, 3.63) is 35.9 Å². The van der Waals surface area contributed by atoms with Gasteiger partial charge in [-0.3, -0.25) is 9.59 Å². The summed E-state index contributed by atoms with van der Waals surface area (Å²) in [6.07, 6.45) is 4.50. The molecule has 2 N–H and O–H groups in total. The number of carbonyl (C=O) groups excluding carboxylic acids is 1. The highest BCUT2D eigenvalue weighted by atomic mass is 16.5. The Hall–Kier alpha value is -2.30. The predicted molar refractivity (Wildman–Crippen MR) is 79.4 cm³/mol. The smallest absolute Gasteiger partial charge is 0.307 e. The van der Waals surface area contributed by atoms with Crippen LogP contribution < -0.4 is 10.1 Å². The molecule has 0 spiro atoms. The molecule has 2 rings (SSSR count). The van der Waals surface area contributed by atoms with Crippen LogP contribution in [0.4, 0.5) is 5.69 Å². The molecule has 0 saturated carbocycles. The number of hydrogen-bond acceptors (Lipinski definition) is 3. The van der Waals surface area contributed by atoms with E-state index in [1.54, 1.807) is 6.07 Å². The average molecular weight is 289 g/mol. The number of carbonyl (C=O) groups is 2. The molecule has 1 aliphatic rings. The van der Waals surface area contributed by atoms with Gasteiger partial charge in [0.05, 0.1) is 24.6 Å². The number of nitrogens with one attached hydrogen (secondary N) is 1. The van der Waals surface area contributed by atoms with Crippen molar-refractivity contribution in [2.45, 2.75) is 19.8 Å². The van der Waals surface area contributed by atoms with Gasteiger partial charge in [-0.1, -0.05) is 18.2 Å². The summed E-state index contributed by atoms with van der Waals surface area (Å²) < 4.78 is 5.22. The molecule has 0 heterocycles.